The summed E-state index contributed by atoms with van der Waals surface area (Å²) in [5.74, 6) is 1.09. The number of carbonyl (C=O) groups is 1. The summed E-state index contributed by atoms with van der Waals surface area (Å²) in [4.78, 5) is 13.8. The van der Waals surface area contributed by atoms with Gasteiger partial charge in [0.25, 0.3) is 0 Å². The summed E-state index contributed by atoms with van der Waals surface area (Å²) in [6.45, 7) is 6.71. The summed E-state index contributed by atoms with van der Waals surface area (Å²) in [6.07, 6.45) is 1.71. The van der Waals surface area contributed by atoms with Gasteiger partial charge in [-0.3, -0.25) is 4.79 Å². The Hall–Kier alpha value is -3.22. The highest BCUT2D eigenvalue weighted by Crippen LogP contribution is 2.23. The number of para-hydroxylation sites is 1. The van der Waals surface area contributed by atoms with Crippen LogP contribution in [0.4, 0.5) is 5.69 Å². The molecule has 28 heavy (non-hydrogen) atoms. The smallest absolute Gasteiger partial charge is 0.248 e. The van der Waals surface area contributed by atoms with E-state index in [1.807, 2.05) is 49.4 Å². The zero-order chi connectivity index (χ0) is 19.9. The molecule has 0 aliphatic rings. The lowest BCUT2D eigenvalue weighted by Gasteiger charge is -2.14. The van der Waals surface area contributed by atoms with E-state index in [0.717, 1.165) is 41.0 Å². The Morgan fingerprint density at radius 1 is 1.04 bits per heavy atom. The van der Waals surface area contributed by atoms with Crippen molar-refractivity contribution in [3.63, 3.8) is 0 Å². The molecule has 0 saturated heterocycles. The summed E-state index contributed by atoms with van der Waals surface area (Å²) < 4.78 is 5.43. The molecule has 7 nitrogen and oxygen atoms in total. The van der Waals surface area contributed by atoms with Gasteiger partial charge in [0.2, 0.25) is 11.7 Å². The SMILES string of the molecule is CCOc1ccc(-c2nnn(CC(=O)Nc3c(CC)cccc3CC)n2)cc1. The average molecular weight is 379 g/mol. The predicted molar refractivity (Wildman–Crippen MR) is 108 cm³/mol. The summed E-state index contributed by atoms with van der Waals surface area (Å²) in [5.41, 5.74) is 3.95. The molecule has 1 N–H and O–H groups in total. The van der Waals surface area contributed by atoms with Gasteiger partial charge in [-0.05, 0) is 60.4 Å². The van der Waals surface area contributed by atoms with Crippen molar-refractivity contribution in [2.75, 3.05) is 11.9 Å². The van der Waals surface area contributed by atoms with Crippen LogP contribution in [-0.2, 0) is 24.2 Å². The number of rotatable bonds is 8. The number of aromatic nitrogens is 4. The van der Waals surface area contributed by atoms with Crippen molar-refractivity contribution in [3.05, 3.63) is 53.6 Å². The van der Waals surface area contributed by atoms with Gasteiger partial charge in [-0.1, -0.05) is 32.0 Å². The maximum absolute atomic E-state index is 12.5. The Bertz CT molecular complexity index is 912. The third-order valence-corrected chi connectivity index (χ3v) is 4.42. The van der Waals surface area contributed by atoms with Crippen molar-refractivity contribution in [2.45, 2.75) is 40.2 Å². The van der Waals surface area contributed by atoms with Crippen molar-refractivity contribution in [1.29, 1.82) is 0 Å². The van der Waals surface area contributed by atoms with Gasteiger partial charge in [0.15, 0.2) is 0 Å². The predicted octanol–water partition coefficient (Wildman–Crippen LogP) is 3.50. The largest absolute Gasteiger partial charge is 0.494 e. The number of aryl methyl sites for hydroxylation is 2. The average Bonchev–Trinajstić information content (AvgIpc) is 3.17. The number of ether oxygens (including phenoxy) is 1. The van der Waals surface area contributed by atoms with Crippen LogP contribution in [-0.4, -0.2) is 32.7 Å². The van der Waals surface area contributed by atoms with Crippen LogP contribution in [0.1, 0.15) is 31.9 Å². The Balaban J connectivity index is 1.69. The number of tetrazole rings is 1. The number of amides is 1. The van der Waals surface area contributed by atoms with Gasteiger partial charge < -0.3 is 10.1 Å². The number of anilines is 1. The first-order valence-corrected chi connectivity index (χ1v) is 9.56. The molecule has 0 saturated carbocycles. The maximum Gasteiger partial charge on any atom is 0.248 e. The van der Waals surface area contributed by atoms with Crippen LogP contribution >= 0.6 is 0 Å². The Morgan fingerprint density at radius 2 is 1.71 bits per heavy atom. The minimum atomic E-state index is -0.175. The fraction of sp³-hybridized carbons (Fsp3) is 0.333. The normalized spacial score (nSPS) is 10.7. The molecule has 0 spiro atoms. The van der Waals surface area contributed by atoms with Crippen molar-refractivity contribution < 1.29 is 9.53 Å². The first-order valence-electron chi connectivity index (χ1n) is 9.56. The minimum absolute atomic E-state index is 0.00519. The third-order valence-electron chi connectivity index (χ3n) is 4.42. The first-order chi connectivity index (χ1) is 13.6. The monoisotopic (exact) mass is 379 g/mol. The highest BCUT2D eigenvalue weighted by Gasteiger charge is 2.13. The lowest BCUT2D eigenvalue weighted by atomic mass is 10.0. The van der Waals surface area contributed by atoms with Crippen LogP contribution in [0.2, 0.25) is 0 Å². The topological polar surface area (TPSA) is 81.9 Å². The van der Waals surface area contributed by atoms with Crippen LogP contribution in [0.5, 0.6) is 5.75 Å². The lowest BCUT2D eigenvalue weighted by molar-refractivity contribution is -0.117. The van der Waals surface area contributed by atoms with E-state index >= 15 is 0 Å². The van der Waals surface area contributed by atoms with Gasteiger partial charge in [0, 0.05) is 11.3 Å². The highest BCUT2D eigenvalue weighted by molar-refractivity contribution is 5.92. The molecule has 0 radical (unpaired) electrons. The second-order valence-corrected chi connectivity index (χ2v) is 6.31. The molecule has 2 aromatic carbocycles. The number of hydrogen-bond acceptors (Lipinski definition) is 5. The van der Waals surface area contributed by atoms with Gasteiger partial charge in [0.1, 0.15) is 12.3 Å². The Kier molecular flexibility index (Phi) is 6.37. The zero-order valence-electron chi connectivity index (χ0n) is 16.5. The fourth-order valence-corrected chi connectivity index (χ4v) is 3.00. The zero-order valence-corrected chi connectivity index (χ0v) is 16.5. The molecular weight excluding hydrogens is 354 g/mol. The third kappa shape index (κ3) is 4.54. The lowest BCUT2D eigenvalue weighted by Crippen LogP contribution is -2.22. The van der Waals surface area contributed by atoms with Crippen LogP contribution in [0.15, 0.2) is 42.5 Å². The summed E-state index contributed by atoms with van der Waals surface area (Å²) in [7, 11) is 0. The molecule has 0 atom stereocenters. The molecule has 1 amide bonds. The van der Waals surface area contributed by atoms with Crippen molar-refractivity contribution in [2.24, 2.45) is 0 Å². The van der Waals surface area contributed by atoms with E-state index in [1.165, 1.54) is 4.80 Å². The van der Waals surface area contributed by atoms with E-state index in [1.54, 1.807) is 0 Å². The van der Waals surface area contributed by atoms with Crippen molar-refractivity contribution >= 4 is 11.6 Å². The van der Waals surface area contributed by atoms with Gasteiger partial charge in [-0.15, -0.1) is 10.2 Å². The molecule has 0 aliphatic heterocycles. The van der Waals surface area contributed by atoms with Gasteiger partial charge >= 0.3 is 0 Å². The van der Waals surface area contributed by atoms with Crippen LogP contribution in [0.25, 0.3) is 11.4 Å². The second-order valence-electron chi connectivity index (χ2n) is 6.31. The minimum Gasteiger partial charge on any atom is -0.494 e. The number of nitrogens with zero attached hydrogens (tertiary/aromatic N) is 4. The maximum atomic E-state index is 12.5. The van der Waals surface area contributed by atoms with Crippen LogP contribution < -0.4 is 10.1 Å². The molecule has 1 aromatic heterocycles. The number of hydrogen-bond donors (Lipinski definition) is 1. The van der Waals surface area contributed by atoms with E-state index in [-0.39, 0.29) is 12.5 Å². The van der Waals surface area contributed by atoms with E-state index in [2.05, 4.69) is 34.6 Å². The van der Waals surface area contributed by atoms with E-state index in [9.17, 15) is 4.79 Å². The van der Waals surface area contributed by atoms with E-state index in [4.69, 9.17) is 4.74 Å². The van der Waals surface area contributed by atoms with E-state index < -0.39 is 0 Å². The van der Waals surface area contributed by atoms with Crippen molar-refractivity contribution in [3.8, 4) is 17.1 Å². The Morgan fingerprint density at radius 3 is 2.32 bits per heavy atom. The second kappa shape index (κ2) is 9.12. The molecule has 0 unspecified atom stereocenters. The Labute approximate surface area is 164 Å². The van der Waals surface area contributed by atoms with Gasteiger partial charge in [-0.25, -0.2) is 0 Å². The first kappa shape index (κ1) is 19.5. The van der Waals surface area contributed by atoms with Crippen LogP contribution in [0.3, 0.4) is 0 Å². The summed E-state index contributed by atoms with van der Waals surface area (Å²) in [5, 5.41) is 15.4. The quantitative estimate of drug-likeness (QED) is 0.648. The fourth-order valence-electron chi connectivity index (χ4n) is 3.00. The molecule has 0 aliphatic carbocycles. The number of carbonyl (C=O) groups excluding carboxylic acids is 1. The van der Waals surface area contributed by atoms with E-state index in [0.29, 0.717) is 12.4 Å². The number of nitrogens with one attached hydrogen (secondary N) is 1. The molecule has 1 heterocycles. The van der Waals surface area contributed by atoms with Crippen molar-refractivity contribution in [1.82, 2.24) is 20.2 Å². The number of benzene rings is 2. The highest BCUT2D eigenvalue weighted by atomic mass is 16.5. The molecule has 3 aromatic rings. The van der Waals surface area contributed by atoms with Crippen LogP contribution in [0, 0.1) is 0 Å². The molecule has 3 rings (SSSR count). The molecule has 7 heteroatoms. The summed E-state index contributed by atoms with van der Waals surface area (Å²) in [6, 6.07) is 13.6. The van der Waals surface area contributed by atoms with Gasteiger partial charge in [0.05, 0.1) is 6.61 Å². The molecule has 0 fully saturated rings. The van der Waals surface area contributed by atoms with Gasteiger partial charge in [-0.2, -0.15) is 4.80 Å². The molecule has 0 bridgehead atoms. The molecular formula is C21H25N5O2. The standard InChI is InChI=1S/C21H25N5O2/c1-4-15-8-7-9-16(5-2)20(15)22-19(27)14-26-24-21(23-25-26)17-10-12-18(13-11-17)28-6-3/h7-13H,4-6,14H2,1-3H3,(H,22,27). The summed E-state index contributed by atoms with van der Waals surface area (Å²) >= 11 is 0. The molecule has 146 valence electrons.